The van der Waals surface area contributed by atoms with Crippen LogP contribution >= 0.6 is 0 Å². The zero-order valence-electron chi connectivity index (χ0n) is 18.8. The molecule has 1 fully saturated rings. The molecule has 0 amide bonds. The average Bonchev–Trinajstić information content (AvgIpc) is 3.05. The molecule has 158 valence electrons. The van der Waals surface area contributed by atoms with E-state index in [0.717, 1.165) is 30.0 Å². The van der Waals surface area contributed by atoms with E-state index in [9.17, 15) is 0 Å². The molecule has 1 aliphatic rings. The molecule has 0 N–H and O–H groups in total. The maximum atomic E-state index is 5.24. The Morgan fingerprint density at radius 1 is 1.07 bits per heavy atom. The number of nitrogens with zero attached hydrogens (tertiary/aromatic N) is 1. The predicted octanol–water partition coefficient (Wildman–Crippen LogP) is 7.87. The number of aliphatic imine (C=N–C) groups is 1. The summed E-state index contributed by atoms with van der Waals surface area (Å²) in [7, 11) is 1.70. The predicted molar refractivity (Wildman–Crippen MR) is 129 cm³/mol. The lowest BCUT2D eigenvalue weighted by molar-refractivity contribution is 0.414. The molecular formula is C28H35NO. The quantitative estimate of drug-likeness (QED) is 0.263. The summed E-state index contributed by atoms with van der Waals surface area (Å²) in [5.41, 5.74) is 10.6. The summed E-state index contributed by atoms with van der Waals surface area (Å²) in [4.78, 5) is 4.98. The third-order valence-electron chi connectivity index (χ3n) is 6.22. The molecule has 0 heterocycles. The Kier molecular flexibility index (Phi) is 8.11. The van der Waals surface area contributed by atoms with Crippen LogP contribution < -0.4 is 4.74 Å². The molecule has 1 aliphatic carbocycles. The normalized spacial score (nSPS) is 15.4. The van der Waals surface area contributed by atoms with Gasteiger partial charge in [-0.2, -0.15) is 0 Å². The Bertz CT molecular complexity index is 908. The number of rotatable bonds is 7. The highest BCUT2D eigenvalue weighted by atomic mass is 16.5. The van der Waals surface area contributed by atoms with Gasteiger partial charge in [-0.15, -0.1) is 5.73 Å². The second-order valence-corrected chi connectivity index (χ2v) is 8.48. The van der Waals surface area contributed by atoms with Gasteiger partial charge in [0.05, 0.1) is 12.8 Å². The van der Waals surface area contributed by atoms with Gasteiger partial charge in [0.1, 0.15) is 5.75 Å². The van der Waals surface area contributed by atoms with Gasteiger partial charge in [0, 0.05) is 11.3 Å². The standard InChI is InChI=1S/C28H35NO/c1-5-27(24-10-8-6-7-9-11-24)25-17-12-21(2)28(20-25)29-22(3)13-14-23-15-18-26(30-4)19-16-23/h12,15-20,24H,1,6-11,13-14H2,2-4H3. The monoisotopic (exact) mass is 401 g/mol. The first-order valence-electron chi connectivity index (χ1n) is 11.3. The van der Waals surface area contributed by atoms with Crippen molar-refractivity contribution in [1.82, 2.24) is 0 Å². The van der Waals surface area contributed by atoms with Gasteiger partial charge >= 0.3 is 0 Å². The minimum absolute atomic E-state index is 0.584. The van der Waals surface area contributed by atoms with E-state index in [-0.39, 0.29) is 0 Å². The van der Waals surface area contributed by atoms with Crippen LogP contribution in [0, 0.1) is 12.8 Å². The van der Waals surface area contributed by atoms with Crippen LogP contribution in [0.4, 0.5) is 5.69 Å². The van der Waals surface area contributed by atoms with Crippen LogP contribution in [-0.4, -0.2) is 12.8 Å². The van der Waals surface area contributed by atoms with Crippen molar-refractivity contribution in [2.75, 3.05) is 7.11 Å². The van der Waals surface area contributed by atoms with E-state index in [2.05, 4.69) is 56.5 Å². The average molecular weight is 402 g/mol. The summed E-state index contributed by atoms with van der Waals surface area (Å²) in [5, 5.41) is 0. The van der Waals surface area contributed by atoms with Crippen LogP contribution in [0.5, 0.6) is 5.75 Å². The van der Waals surface area contributed by atoms with Gasteiger partial charge in [0.25, 0.3) is 0 Å². The van der Waals surface area contributed by atoms with Crippen molar-refractivity contribution >= 4 is 17.0 Å². The lowest BCUT2D eigenvalue weighted by Gasteiger charge is -2.18. The number of aryl methyl sites for hydroxylation is 2. The van der Waals surface area contributed by atoms with E-state index >= 15 is 0 Å². The van der Waals surface area contributed by atoms with E-state index in [4.69, 9.17) is 9.73 Å². The molecule has 3 rings (SSSR count). The number of ether oxygens (including phenoxy) is 1. The topological polar surface area (TPSA) is 21.6 Å². The second kappa shape index (κ2) is 11.0. The van der Waals surface area contributed by atoms with Crippen molar-refractivity contribution < 1.29 is 4.74 Å². The van der Waals surface area contributed by atoms with Crippen LogP contribution in [0.25, 0.3) is 5.57 Å². The molecule has 0 spiro atoms. The number of hydrogen-bond acceptors (Lipinski definition) is 2. The van der Waals surface area contributed by atoms with Crippen LogP contribution in [0.1, 0.15) is 68.6 Å². The summed E-state index contributed by atoms with van der Waals surface area (Å²) in [6.45, 7) is 8.30. The zero-order valence-corrected chi connectivity index (χ0v) is 18.8. The van der Waals surface area contributed by atoms with Crippen LogP contribution in [-0.2, 0) is 6.42 Å². The fourth-order valence-corrected chi connectivity index (χ4v) is 4.33. The molecule has 30 heavy (non-hydrogen) atoms. The fraction of sp³-hybridized carbons (Fsp3) is 0.429. The molecule has 0 aromatic heterocycles. The molecular weight excluding hydrogens is 366 g/mol. The van der Waals surface area contributed by atoms with Gasteiger partial charge in [-0.25, -0.2) is 0 Å². The van der Waals surface area contributed by atoms with Crippen molar-refractivity contribution in [2.24, 2.45) is 10.9 Å². The van der Waals surface area contributed by atoms with Gasteiger partial charge in [-0.3, -0.25) is 4.99 Å². The van der Waals surface area contributed by atoms with Gasteiger partial charge < -0.3 is 4.74 Å². The third-order valence-corrected chi connectivity index (χ3v) is 6.22. The van der Waals surface area contributed by atoms with E-state index < -0.39 is 0 Å². The van der Waals surface area contributed by atoms with E-state index in [1.807, 2.05) is 12.1 Å². The van der Waals surface area contributed by atoms with Crippen molar-refractivity contribution in [2.45, 2.75) is 65.2 Å². The van der Waals surface area contributed by atoms with Crippen molar-refractivity contribution in [3.05, 3.63) is 71.5 Å². The molecule has 1 saturated carbocycles. The summed E-state index contributed by atoms with van der Waals surface area (Å²) >= 11 is 0. The lowest BCUT2D eigenvalue weighted by Crippen LogP contribution is -2.02. The molecule has 2 aromatic rings. The first kappa shape index (κ1) is 22.1. The summed E-state index contributed by atoms with van der Waals surface area (Å²) in [6, 6.07) is 15.0. The van der Waals surface area contributed by atoms with Gasteiger partial charge in [-0.1, -0.05) is 56.5 Å². The molecule has 2 heteroatoms. The largest absolute Gasteiger partial charge is 0.497 e. The van der Waals surface area contributed by atoms with Gasteiger partial charge in [0.15, 0.2) is 0 Å². The fourth-order valence-electron chi connectivity index (χ4n) is 4.33. The Morgan fingerprint density at radius 3 is 2.40 bits per heavy atom. The molecule has 2 aromatic carbocycles. The summed E-state index contributed by atoms with van der Waals surface area (Å²) in [6.07, 6.45) is 9.79. The highest BCUT2D eigenvalue weighted by Crippen LogP contribution is 2.35. The van der Waals surface area contributed by atoms with Crippen LogP contribution in [0.15, 0.2) is 59.8 Å². The van der Waals surface area contributed by atoms with Crippen molar-refractivity contribution in [3.63, 3.8) is 0 Å². The molecule has 0 radical (unpaired) electrons. The minimum atomic E-state index is 0.584. The van der Waals surface area contributed by atoms with Gasteiger partial charge in [-0.05, 0) is 80.3 Å². The third kappa shape index (κ3) is 5.97. The molecule has 2 nitrogen and oxygen atoms in total. The lowest BCUT2D eigenvalue weighted by atomic mass is 9.87. The Balaban J connectivity index is 1.73. The zero-order chi connectivity index (χ0) is 21.3. The number of hydrogen-bond donors (Lipinski definition) is 0. The number of methoxy groups -OCH3 is 1. The summed E-state index contributed by atoms with van der Waals surface area (Å²) < 4.78 is 5.24. The van der Waals surface area contributed by atoms with E-state index in [1.54, 1.807) is 7.11 Å². The first-order chi connectivity index (χ1) is 14.6. The van der Waals surface area contributed by atoms with Crippen LogP contribution in [0.3, 0.4) is 0 Å². The molecule has 0 atom stereocenters. The summed E-state index contributed by atoms with van der Waals surface area (Å²) in [5.74, 6) is 1.48. The maximum Gasteiger partial charge on any atom is 0.118 e. The Morgan fingerprint density at radius 2 is 1.77 bits per heavy atom. The highest BCUT2D eigenvalue weighted by Gasteiger charge is 2.18. The highest BCUT2D eigenvalue weighted by molar-refractivity contribution is 5.85. The van der Waals surface area contributed by atoms with E-state index in [0.29, 0.717) is 5.92 Å². The SMILES string of the molecule is C=C=C(c1ccc(C)c(N=C(C)CCc2ccc(OC)cc2)c1)C1CCCCCC1. The first-order valence-corrected chi connectivity index (χ1v) is 11.3. The number of allylic oxidation sites excluding steroid dienone is 1. The minimum Gasteiger partial charge on any atom is -0.497 e. The Labute approximate surface area is 182 Å². The van der Waals surface area contributed by atoms with Crippen LogP contribution in [0.2, 0.25) is 0 Å². The molecule has 0 bridgehead atoms. The van der Waals surface area contributed by atoms with E-state index in [1.165, 1.54) is 60.8 Å². The molecule has 0 saturated heterocycles. The second-order valence-electron chi connectivity index (χ2n) is 8.48. The smallest absolute Gasteiger partial charge is 0.118 e. The van der Waals surface area contributed by atoms with Gasteiger partial charge in [0.2, 0.25) is 0 Å². The molecule has 0 aliphatic heterocycles. The number of benzene rings is 2. The van der Waals surface area contributed by atoms with Crippen molar-refractivity contribution in [3.8, 4) is 5.75 Å². The van der Waals surface area contributed by atoms with Crippen molar-refractivity contribution in [1.29, 1.82) is 0 Å². The molecule has 0 unspecified atom stereocenters. The Hall–Kier alpha value is -2.57. The maximum absolute atomic E-state index is 5.24.